The Hall–Kier alpha value is -7.16. The quantitative estimate of drug-likeness (QED) is 0.0308. The molecule has 17 nitrogen and oxygen atoms in total. The zero-order valence-corrected chi connectivity index (χ0v) is 40.4. The highest BCUT2D eigenvalue weighted by Crippen LogP contribution is 2.28. The van der Waals surface area contributed by atoms with Crippen LogP contribution in [0.25, 0.3) is 22.3 Å². The van der Waals surface area contributed by atoms with E-state index in [0.29, 0.717) is 38.7 Å². The summed E-state index contributed by atoms with van der Waals surface area (Å²) in [6.07, 6.45) is -1.93. The van der Waals surface area contributed by atoms with E-state index in [-0.39, 0.29) is 72.6 Å². The molecular weight excluding hydrogens is 969 g/mol. The van der Waals surface area contributed by atoms with Crippen molar-refractivity contribution in [2.45, 2.75) is 77.7 Å². The van der Waals surface area contributed by atoms with E-state index < -0.39 is 53.9 Å². The summed E-state index contributed by atoms with van der Waals surface area (Å²) in [6.45, 7) is 6.27. The number of H-pyrrole nitrogens is 2. The van der Waals surface area contributed by atoms with Gasteiger partial charge in [-0.25, -0.2) is 23.2 Å². The molecule has 2 aromatic heterocycles. The number of amides is 1. The predicted octanol–water partition coefficient (Wildman–Crippen LogP) is 7.37. The molecule has 0 aliphatic heterocycles. The van der Waals surface area contributed by atoms with Gasteiger partial charge in [0.05, 0.1) is 13.2 Å². The van der Waals surface area contributed by atoms with Crippen molar-refractivity contribution in [3.05, 3.63) is 153 Å². The van der Waals surface area contributed by atoms with Gasteiger partial charge in [0.1, 0.15) is 34.4 Å². The number of ketones is 2. The van der Waals surface area contributed by atoms with Gasteiger partial charge in [0.2, 0.25) is 0 Å². The van der Waals surface area contributed by atoms with Crippen molar-refractivity contribution in [3.63, 3.8) is 0 Å². The van der Waals surface area contributed by atoms with Crippen molar-refractivity contribution in [1.82, 2.24) is 25.7 Å². The molecule has 0 aliphatic carbocycles. The molecule has 6 aromatic rings. The number of esters is 2. The van der Waals surface area contributed by atoms with Crippen LogP contribution in [-0.2, 0) is 31.9 Å². The van der Waals surface area contributed by atoms with Crippen molar-refractivity contribution >= 4 is 58.6 Å². The normalized spacial score (nSPS) is 12.4. The van der Waals surface area contributed by atoms with E-state index in [1.54, 1.807) is 56.3 Å². The average Bonchev–Trinajstić information content (AvgIpc) is 4.05. The number of benzene rings is 4. The van der Waals surface area contributed by atoms with E-state index in [9.17, 15) is 47.8 Å². The van der Waals surface area contributed by atoms with Gasteiger partial charge in [-0.1, -0.05) is 71.7 Å². The van der Waals surface area contributed by atoms with E-state index in [2.05, 4.69) is 25.7 Å². The molecule has 0 saturated heterocycles. The molecule has 0 saturated carbocycles. The number of hydrogen-bond donors (Lipinski definition) is 7. The highest BCUT2D eigenvalue weighted by atomic mass is 35.5. The molecule has 0 unspecified atom stereocenters. The minimum atomic E-state index is -1.45. The number of carboxylic acid groups (broad SMARTS) is 1. The lowest BCUT2D eigenvalue weighted by molar-refractivity contribution is -0.154. The highest BCUT2D eigenvalue weighted by Gasteiger charge is 2.25. The number of nitrogens with one attached hydrogen (secondary N) is 3. The SMILES string of the molecule is CC(=O)c1cc(C(=O)O)[nH]n1.CCOC(=O)[C@H](O)C[C@@H](Cc1ccc(-c2cc(Cl)ccc2F)cc1)NC(=O)c1cc(C(C)=O)n[nH]1.CCOC(=O)[C@H](O)C[C@H](N)Cc1ccc(-c2cc(Cl)ccc2F)cc1. The van der Waals surface area contributed by atoms with Gasteiger partial charge in [0, 0.05) is 59.6 Å². The van der Waals surface area contributed by atoms with Gasteiger partial charge < -0.3 is 35.8 Å². The molecule has 1 amide bonds. The number of rotatable bonds is 19. The number of halogens is 4. The van der Waals surface area contributed by atoms with Crippen LogP contribution in [0, 0.1) is 11.6 Å². The zero-order valence-electron chi connectivity index (χ0n) is 38.9. The molecule has 0 bridgehead atoms. The van der Waals surface area contributed by atoms with Crippen LogP contribution in [-0.4, -0.2) is 109 Å². The van der Waals surface area contributed by atoms with Gasteiger partial charge in [0.25, 0.3) is 5.91 Å². The number of aliphatic hydroxyl groups is 2. The van der Waals surface area contributed by atoms with Crippen molar-refractivity contribution in [1.29, 1.82) is 0 Å². The van der Waals surface area contributed by atoms with Crippen LogP contribution in [0.1, 0.15) is 93.6 Å². The van der Waals surface area contributed by atoms with E-state index in [1.165, 1.54) is 56.3 Å². The van der Waals surface area contributed by atoms with Gasteiger partial charge in [0.15, 0.2) is 23.8 Å². The second-order valence-corrected chi connectivity index (χ2v) is 16.6. The summed E-state index contributed by atoms with van der Waals surface area (Å²) in [7, 11) is 0. The van der Waals surface area contributed by atoms with Crippen molar-refractivity contribution in [2.24, 2.45) is 5.73 Å². The maximum absolute atomic E-state index is 14.2. The number of hydrogen-bond acceptors (Lipinski definition) is 13. The fraction of sp³-hybridized carbons (Fsp3) is 0.280. The Morgan fingerprint density at radius 1 is 0.648 bits per heavy atom. The van der Waals surface area contributed by atoms with E-state index in [4.69, 9.17) is 43.5 Å². The van der Waals surface area contributed by atoms with Crippen LogP contribution < -0.4 is 11.1 Å². The van der Waals surface area contributed by atoms with Crippen molar-refractivity contribution < 1.29 is 62.3 Å². The molecule has 8 N–H and O–H groups in total. The maximum Gasteiger partial charge on any atom is 0.353 e. The summed E-state index contributed by atoms with van der Waals surface area (Å²) in [4.78, 5) is 68.4. The Kier molecular flexibility index (Phi) is 21.7. The summed E-state index contributed by atoms with van der Waals surface area (Å²) < 4.78 is 37.7. The number of nitrogens with two attached hydrogens (primary N) is 1. The second kappa shape index (κ2) is 27.3. The first-order valence-corrected chi connectivity index (χ1v) is 22.7. The molecular formula is C50H52Cl2F2N6O11. The Morgan fingerprint density at radius 3 is 1.48 bits per heavy atom. The van der Waals surface area contributed by atoms with Crippen molar-refractivity contribution in [2.75, 3.05) is 13.2 Å². The molecule has 0 spiro atoms. The van der Waals surface area contributed by atoms with Crippen LogP contribution in [0.3, 0.4) is 0 Å². The first-order chi connectivity index (χ1) is 33.7. The number of aromatic nitrogens is 4. The zero-order chi connectivity index (χ0) is 52.4. The molecule has 4 aromatic carbocycles. The molecule has 0 fully saturated rings. The van der Waals surface area contributed by atoms with Gasteiger partial charge in [-0.2, -0.15) is 10.2 Å². The number of Topliss-reactive ketones (excluding diaryl/α,β-unsaturated/α-hetero) is 2. The molecule has 21 heteroatoms. The first kappa shape index (κ1) is 56.4. The van der Waals surface area contributed by atoms with Gasteiger partial charge in [-0.15, -0.1) is 0 Å². The third-order valence-electron chi connectivity index (χ3n) is 10.2. The molecule has 71 heavy (non-hydrogen) atoms. The lowest BCUT2D eigenvalue weighted by Crippen LogP contribution is -2.41. The Bertz CT molecular complexity index is 2760. The summed E-state index contributed by atoms with van der Waals surface area (Å²) >= 11 is 11.9. The summed E-state index contributed by atoms with van der Waals surface area (Å²) in [5.74, 6) is -4.43. The number of carboxylic acids is 1. The smallest absolute Gasteiger partial charge is 0.353 e. The van der Waals surface area contributed by atoms with Gasteiger partial charge >= 0.3 is 17.9 Å². The number of ether oxygens (including phenoxy) is 2. The predicted molar refractivity (Wildman–Crippen MR) is 259 cm³/mol. The lowest BCUT2D eigenvalue weighted by Gasteiger charge is -2.21. The van der Waals surface area contributed by atoms with Crippen LogP contribution in [0.15, 0.2) is 97.1 Å². The molecule has 0 aliphatic rings. The largest absolute Gasteiger partial charge is 0.477 e. The molecule has 0 radical (unpaired) electrons. The van der Waals surface area contributed by atoms with Crippen molar-refractivity contribution in [3.8, 4) is 22.3 Å². The van der Waals surface area contributed by atoms with Crippen LogP contribution in [0.4, 0.5) is 8.78 Å². The van der Waals surface area contributed by atoms with Crippen LogP contribution in [0.5, 0.6) is 0 Å². The average molecular weight is 1020 g/mol. The summed E-state index contributed by atoms with van der Waals surface area (Å²) in [5, 5.41) is 44.0. The Labute approximate surface area is 416 Å². The van der Waals surface area contributed by atoms with E-state index in [0.717, 1.165) is 11.1 Å². The number of aromatic amines is 2. The van der Waals surface area contributed by atoms with Gasteiger partial charge in [-0.05, 0) is 97.8 Å². The summed E-state index contributed by atoms with van der Waals surface area (Å²) in [5.41, 5.74) is 10.0. The summed E-state index contributed by atoms with van der Waals surface area (Å²) in [6, 6.07) is 24.4. The molecule has 4 atom stereocenters. The number of carbonyl (C=O) groups is 6. The number of nitrogens with zero attached hydrogens (tertiary/aromatic N) is 2. The third-order valence-corrected chi connectivity index (χ3v) is 10.7. The molecule has 2 heterocycles. The third kappa shape index (κ3) is 17.6. The standard InChI is InChI=1S/C25H25ClFN3O5.C19H21ClFNO3.C6H6N2O3/c1-3-35-25(34)23(32)12-18(28-24(33)22-13-21(14(2)31)29-30-22)10-15-4-6-16(7-5-15)19-11-17(26)8-9-20(19)27;1-2-25-19(24)18(23)11-15(22)9-12-3-5-13(6-4-12)16-10-14(20)7-8-17(16)21;1-3(9)4-2-5(6(10)11)8-7-4/h4-9,11,13,18,23,32H,3,10,12H2,1-2H3,(H,28,33)(H,29,30);3-8,10,15,18,23H,2,9,11,22H2,1H3;2H,1H3,(H,7,8)(H,10,11)/t18-,23-;15-,18-;/m11./s1. The Balaban J connectivity index is 0.000000263. The maximum atomic E-state index is 14.2. The van der Waals surface area contributed by atoms with Gasteiger partial charge in [-0.3, -0.25) is 24.6 Å². The van der Waals surface area contributed by atoms with Crippen LogP contribution >= 0.6 is 23.2 Å². The fourth-order valence-electron chi connectivity index (χ4n) is 6.66. The second-order valence-electron chi connectivity index (χ2n) is 15.7. The van der Waals surface area contributed by atoms with Crippen LogP contribution in [0.2, 0.25) is 10.0 Å². The molecule has 376 valence electrons. The number of carbonyl (C=O) groups excluding carboxylic acids is 5. The Morgan fingerprint density at radius 2 is 1.07 bits per heavy atom. The highest BCUT2D eigenvalue weighted by molar-refractivity contribution is 6.31. The number of aromatic carboxylic acids is 1. The lowest BCUT2D eigenvalue weighted by atomic mass is 9.97. The topological polar surface area (TPSA) is 277 Å². The molecule has 6 rings (SSSR count). The van der Waals surface area contributed by atoms with E-state index in [1.807, 2.05) is 12.1 Å². The fourth-order valence-corrected chi connectivity index (χ4v) is 7.01. The minimum Gasteiger partial charge on any atom is -0.477 e. The minimum absolute atomic E-state index is 0.0672. The first-order valence-electron chi connectivity index (χ1n) is 21.9. The van der Waals surface area contributed by atoms with E-state index >= 15 is 0 Å². The number of aliphatic hydroxyl groups excluding tert-OH is 2. The monoisotopic (exact) mass is 1020 g/mol.